The van der Waals surface area contributed by atoms with Gasteiger partial charge in [-0.05, 0) is 6.42 Å². The Balaban J connectivity index is 3.79. The van der Waals surface area contributed by atoms with Gasteiger partial charge in [-0.15, -0.1) is 6.58 Å². The third-order valence-corrected chi connectivity index (χ3v) is 2.43. The molecule has 0 aromatic rings. The van der Waals surface area contributed by atoms with E-state index in [4.69, 9.17) is 10.00 Å². The lowest BCUT2D eigenvalue weighted by molar-refractivity contribution is -0.137. The Kier molecular flexibility index (Phi) is 4.83. The smallest absolute Gasteiger partial charge is 0.303 e. The first kappa shape index (κ1) is 10.4. The summed E-state index contributed by atoms with van der Waals surface area (Å²) in [6.07, 6.45) is 1.42. The van der Waals surface area contributed by atoms with E-state index in [0.717, 1.165) is 0 Å². The van der Waals surface area contributed by atoms with E-state index in [1.807, 2.05) is 0 Å². The van der Waals surface area contributed by atoms with Crippen molar-refractivity contribution in [2.45, 2.75) is 18.5 Å². The Hall–Kier alpha value is -0.600. The summed E-state index contributed by atoms with van der Waals surface area (Å²) >= 11 is 0. The van der Waals surface area contributed by atoms with Gasteiger partial charge in [0.2, 0.25) is 0 Å². The van der Waals surface area contributed by atoms with E-state index in [1.165, 1.54) is 6.08 Å². The minimum absolute atomic E-state index is 0.0896. The molecule has 2 unspecified atom stereocenters. The Labute approximate surface area is 65.4 Å². The monoisotopic (exact) mass is 178 g/mol. The number of hydrogen-bond donors (Lipinski definition) is 2. The van der Waals surface area contributed by atoms with Crippen LogP contribution in [0.1, 0.15) is 12.8 Å². The van der Waals surface area contributed by atoms with Gasteiger partial charge in [0.25, 0.3) is 0 Å². The summed E-state index contributed by atoms with van der Waals surface area (Å²) in [6, 6.07) is 0. The molecule has 11 heavy (non-hydrogen) atoms. The number of rotatable bonds is 5. The quantitative estimate of drug-likeness (QED) is 0.484. The number of aliphatic carboxylic acids is 1. The molecule has 0 radical (unpaired) electrons. The van der Waals surface area contributed by atoms with Crippen molar-refractivity contribution in [3.05, 3.63) is 12.7 Å². The molecule has 4 nitrogen and oxygen atoms in total. The van der Waals surface area contributed by atoms with Gasteiger partial charge < -0.3 is 10.00 Å². The highest BCUT2D eigenvalue weighted by Gasteiger charge is 2.11. The van der Waals surface area contributed by atoms with Gasteiger partial charge in [0, 0.05) is 6.42 Å². The Morgan fingerprint density at radius 3 is 2.55 bits per heavy atom. The molecular weight excluding hydrogens is 167 g/mol. The Morgan fingerprint density at radius 1 is 1.73 bits per heavy atom. The van der Waals surface area contributed by atoms with E-state index in [2.05, 4.69) is 6.58 Å². The number of allylic oxidation sites excluding steroid dienone is 1. The Morgan fingerprint density at radius 2 is 2.27 bits per heavy atom. The molecule has 0 spiro atoms. The van der Waals surface area contributed by atoms with E-state index in [9.17, 15) is 9.36 Å². The number of hydrogen-bond acceptors (Lipinski definition) is 2. The van der Waals surface area contributed by atoms with E-state index >= 15 is 0 Å². The fourth-order valence-corrected chi connectivity index (χ4v) is 1.21. The van der Waals surface area contributed by atoms with Crippen molar-refractivity contribution in [1.82, 2.24) is 0 Å². The number of carboxylic acids is 1. The van der Waals surface area contributed by atoms with Crippen LogP contribution >= 0.6 is 8.03 Å². The van der Waals surface area contributed by atoms with Gasteiger partial charge in [0.15, 0.2) is 8.03 Å². The summed E-state index contributed by atoms with van der Waals surface area (Å²) in [5.74, 6) is -0.958. The summed E-state index contributed by atoms with van der Waals surface area (Å²) in [4.78, 5) is 18.6. The third kappa shape index (κ3) is 4.76. The van der Waals surface area contributed by atoms with Crippen molar-refractivity contribution in [2.75, 3.05) is 0 Å². The highest BCUT2D eigenvalue weighted by molar-refractivity contribution is 7.39. The minimum Gasteiger partial charge on any atom is -0.481 e. The molecule has 5 heteroatoms. The summed E-state index contributed by atoms with van der Waals surface area (Å²) in [6.45, 7) is 3.33. The molecule has 0 saturated heterocycles. The molecule has 0 rings (SSSR count). The molecule has 0 aliphatic rings. The lowest BCUT2D eigenvalue weighted by atomic mass is 10.2. The fourth-order valence-electron chi connectivity index (χ4n) is 0.621. The number of carbonyl (C=O) groups is 1. The van der Waals surface area contributed by atoms with Gasteiger partial charge in [0.1, 0.15) is 0 Å². The molecule has 0 aliphatic carbocycles. The zero-order chi connectivity index (χ0) is 8.85. The predicted molar refractivity (Wildman–Crippen MR) is 42.1 cm³/mol. The fraction of sp³-hybridized carbons (Fsp3) is 0.500. The lowest BCUT2D eigenvalue weighted by Crippen LogP contribution is -2.02. The van der Waals surface area contributed by atoms with Gasteiger partial charge in [-0.25, -0.2) is 0 Å². The summed E-state index contributed by atoms with van der Waals surface area (Å²) in [5.41, 5.74) is -0.559. The number of carboxylic acid groups (broad SMARTS) is 1. The van der Waals surface area contributed by atoms with Crippen LogP contribution < -0.4 is 0 Å². The molecule has 0 bridgehead atoms. The third-order valence-electron chi connectivity index (χ3n) is 1.27. The summed E-state index contributed by atoms with van der Waals surface area (Å²) in [5, 5.41) is 8.23. The van der Waals surface area contributed by atoms with Crippen molar-refractivity contribution in [1.29, 1.82) is 0 Å². The minimum atomic E-state index is -2.65. The second-order valence-electron chi connectivity index (χ2n) is 2.11. The average molecular weight is 178 g/mol. The first-order chi connectivity index (χ1) is 5.07. The summed E-state index contributed by atoms with van der Waals surface area (Å²) in [7, 11) is -2.65. The normalized spacial score (nSPS) is 15.4. The molecular formula is C6H11O4P. The van der Waals surface area contributed by atoms with Gasteiger partial charge in [-0.1, -0.05) is 6.08 Å². The van der Waals surface area contributed by atoms with E-state index < -0.39 is 19.7 Å². The zero-order valence-corrected chi connectivity index (χ0v) is 6.99. The van der Waals surface area contributed by atoms with Crippen LogP contribution in [0, 0.1) is 0 Å². The van der Waals surface area contributed by atoms with Gasteiger partial charge in [-0.2, -0.15) is 0 Å². The SMILES string of the molecule is C=CC(CCC(=O)O)[PH](=O)O. The van der Waals surface area contributed by atoms with Crippen LogP contribution in [-0.4, -0.2) is 21.6 Å². The highest BCUT2D eigenvalue weighted by Crippen LogP contribution is 2.26. The molecule has 2 atom stereocenters. The van der Waals surface area contributed by atoms with Crippen LogP contribution in [0.25, 0.3) is 0 Å². The maximum Gasteiger partial charge on any atom is 0.303 e. The van der Waals surface area contributed by atoms with E-state index in [1.54, 1.807) is 0 Å². The lowest BCUT2D eigenvalue weighted by Gasteiger charge is -2.04. The van der Waals surface area contributed by atoms with Crippen LogP contribution in [0.4, 0.5) is 0 Å². The molecule has 0 aromatic heterocycles. The van der Waals surface area contributed by atoms with Crippen LogP contribution in [0.15, 0.2) is 12.7 Å². The van der Waals surface area contributed by atoms with Crippen molar-refractivity contribution in [3.8, 4) is 0 Å². The predicted octanol–water partition coefficient (Wildman–Crippen LogP) is 0.873. The van der Waals surface area contributed by atoms with Crippen LogP contribution in [0.5, 0.6) is 0 Å². The highest BCUT2D eigenvalue weighted by atomic mass is 31.1. The molecule has 0 aromatic carbocycles. The molecule has 2 N–H and O–H groups in total. The van der Waals surface area contributed by atoms with E-state index in [0.29, 0.717) is 0 Å². The molecule has 0 aliphatic heterocycles. The van der Waals surface area contributed by atoms with Crippen LogP contribution in [0.2, 0.25) is 0 Å². The average Bonchev–Trinajstić information content (AvgIpc) is 1.87. The van der Waals surface area contributed by atoms with Crippen LogP contribution in [0.3, 0.4) is 0 Å². The molecule has 0 saturated carbocycles. The zero-order valence-electron chi connectivity index (χ0n) is 5.99. The topological polar surface area (TPSA) is 74.6 Å². The second kappa shape index (κ2) is 5.10. The maximum absolute atomic E-state index is 10.5. The van der Waals surface area contributed by atoms with E-state index in [-0.39, 0.29) is 12.8 Å². The summed E-state index contributed by atoms with van der Waals surface area (Å²) < 4.78 is 10.5. The van der Waals surface area contributed by atoms with Crippen molar-refractivity contribution >= 4 is 14.0 Å². The van der Waals surface area contributed by atoms with Gasteiger partial charge >= 0.3 is 5.97 Å². The standard InChI is InChI=1S/C6H11O4P/c1-2-5(11(9)10)3-4-6(7)8/h2,5,11H,1,3-4H2,(H,7,8)(H,9,10). The molecule has 64 valence electrons. The van der Waals surface area contributed by atoms with Crippen molar-refractivity contribution in [3.63, 3.8) is 0 Å². The first-order valence-electron chi connectivity index (χ1n) is 3.15. The largest absolute Gasteiger partial charge is 0.481 e. The van der Waals surface area contributed by atoms with Crippen LogP contribution in [-0.2, 0) is 9.36 Å². The second-order valence-corrected chi connectivity index (χ2v) is 3.53. The Bertz CT molecular complexity index is 177. The molecule has 0 amide bonds. The van der Waals surface area contributed by atoms with Crippen molar-refractivity contribution in [2.24, 2.45) is 0 Å². The van der Waals surface area contributed by atoms with Gasteiger partial charge in [-0.3, -0.25) is 9.36 Å². The maximum atomic E-state index is 10.5. The van der Waals surface area contributed by atoms with Gasteiger partial charge in [0.05, 0.1) is 5.66 Å². The van der Waals surface area contributed by atoms with Crippen molar-refractivity contribution < 1.29 is 19.4 Å². The molecule has 0 heterocycles. The molecule has 0 fully saturated rings. The first-order valence-corrected chi connectivity index (χ1v) is 4.58.